The second-order valence-electron chi connectivity index (χ2n) is 6.45. The molecule has 0 unspecified atom stereocenters. The van der Waals surface area contributed by atoms with E-state index >= 15 is 0 Å². The SMILES string of the molecule is Cc1sc(NC(=O)[C@@H]2CC=CC[C@H]2C(=O)O)c(C(N)=O)c1-c1ccccc1. The number of allylic oxidation sites excluding steroid dienone is 2. The van der Waals surface area contributed by atoms with Gasteiger partial charge in [0.1, 0.15) is 5.00 Å². The van der Waals surface area contributed by atoms with Crippen LogP contribution < -0.4 is 11.1 Å². The maximum Gasteiger partial charge on any atom is 0.307 e. The van der Waals surface area contributed by atoms with Crippen LogP contribution in [-0.4, -0.2) is 22.9 Å². The number of primary amides is 1. The van der Waals surface area contributed by atoms with Gasteiger partial charge in [-0.2, -0.15) is 0 Å². The topological polar surface area (TPSA) is 109 Å². The fraction of sp³-hybridized carbons (Fsp3) is 0.250. The predicted molar refractivity (Wildman–Crippen MR) is 105 cm³/mol. The number of carbonyl (C=O) groups excluding carboxylic acids is 2. The summed E-state index contributed by atoms with van der Waals surface area (Å²) in [7, 11) is 0. The van der Waals surface area contributed by atoms with E-state index in [1.165, 1.54) is 11.3 Å². The summed E-state index contributed by atoms with van der Waals surface area (Å²) in [5, 5.41) is 12.5. The number of aliphatic carboxylic acids is 1. The van der Waals surface area contributed by atoms with E-state index in [-0.39, 0.29) is 5.56 Å². The summed E-state index contributed by atoms with van der Waals surface area (Å²) >= 11 is 1.27. The van der Waals surface area contributed by atoms with E-state index < -0.39 is 29.6 Å². The van der Waals surface area contributed by atoms with Gasteiger partial charge in [-0.1, -0.05) is 42.5 Å². The fourth-order valence-corrected chi connectivity index (χ4v) is 4.49. The second-order valence-corrected chi connectivity index (χ2v) is 7.68. The van der Waals surface area contributed by atoms with Crippen LogP contribution >= 0.6 is 11.3 Å². The van der Waals surface area contributed by atoms with Crippen LogP contribution in [0.3, 0.4) is 0 Å². The summed E-state index contributed by atoms with van der Waals surface area (Å²) in [6.07, 6.45) is 4.26. The lowest BCUT2D eigenvalue weighted by Gasteiger charge is -2.24. The van der Waals surface area contributed by atoms with Crippen molar-refractivity contribution in [3.8, 4) is 11.1 Å². The molecule has 140 valence electrons. The van der Waals surface area contributed by atoms with Gasteiger partial charge in [0.15, 0.2) is 0 Å². The van der Waals surface area contributed by atoms with Crippen LogP contribution in [0.4, 0.5) is 5.00 Å². The number of carbonyl (C=O) groups is 3. The number of hydrogen-bond acceptors (Lipinski definition) is 4. The molecule has 2 atom stereocenters. The number of nitrogens with one attached hydrogen (secondary N) is 1. The van der Waals surface area contributed by atoms with E-state index in [2.05, 4.69) is 5.32 Å². The number of carboxylic acid groups (broad SMARTS) is 1. The highest BCUT2D eigenvalue weighted by Gasteiger charge is 2.35. The molecular formula is C20H20N2O4S. The van der Waals surface area contributed by atoms with E-state index in [1.807, 2.05) is 43.3 Å². The van der Waals surface area contributed by atoms with Gasteiger partial charge in [0.2, 0.25) is 5.91 Å². The quantitative estimate of drug-likeness (QED) is 0.686. The van der Waals surface area contributed by atoms with Crippen molar-refractivity contribution in [2.45, 2.75) is 19.8 Å². The molecule has 1 aromatic heterocycles. The van der Waals surface area contributed by atoms with Crippen LogP contribution in [0, 0.1) is 18.8 Å². The van der Waals surface area contributed by atoms with Gasteiger partial charge in [-0.25, -0.2) is 0 Å². The molecular weight excluding hydrogens is 364 g/mol. The number of anilines is 1. The lowest BCUT2D eigenvalue weighted by Crippen LogP contribution is -2.35. The number of aryl methyl sites for hydroxylation is 1. The summed E-state index contributed by atoms with van der Waals surface area (Å²) < 4.78 is 0. The van der Waals surface area contributed by atoms with E-state index in [0.717, 1.165) is 10.4 Å². The van der Waals surface area contributed by atoms with Gasteiger partial charge in [-0.15, -0.1) is 11.3 Å². The van der Waals surface area contributed by atoms with Crippen LogP contribution in [0.1, 0.15) is 28.1 Å². The summed E-state index contributed by atoms with van der Waals surface area (Å²) in [5.74, 6) is -3.50. The van der Waals surface area contributed by atoms with Gasteiger partial charge in [-0.05, 0) is 25.3 Å². The molecule has 2 aromatic rings. The van der Waals surface area contributed by atoms with Gasteiger partial charge in [0.05, 0.1) is 17.4 Å². The normalized spacial score (nSPS) is 18.9. The van der Waals surface area contributed by atoms with Gasteiger partial charge >= 0.3 is 5.97 Å². The minimum absolute atomic E-state index is 0.260. The Balaban J connectivity index is 1.96. The van der Waals surface area contributed by atoms with Crippen LogP contribution in [0.15, 0.2) is 42.5 Å². The van der Waals surface area contributed by atoms with Gasteiger partial charge in [-0.3, -0.25) is 14.4 Å². The molecule has 6 nitrogen and oxygen atoms in total. The molecule has 0 bridgehead atoms. The average molecular weight is 384 g/mol. The zero-order chi connectivity index (χ0) is 19.6. The third-order valence-electron chi connectivity index (χ3n) is 4.72. The Morgan fingerprint density at radius 3 is 2.33 bits per heavy atom. The third-order valence-corrected chi connectivity index (χ3v) is 5.74. The van der Waals surface area contributed by atoms with Gasteiger partial charge in [0, 0.05) is 10.4 Å². The van der Waals surface area contributed by atoms with E-state index in [4.69, 9.17) is 5.73 Å². The molecule has 7 heteroatoms. The van der Waals surface area contributed by atoms with Crippen LogP contribution in [0.5, 0.6) is 0 Å². The van der Waals surface area contributed by atoms with Crippen molar-refractivity contribution >= 4 is 34.1 Å². The number of hydrogen-bond donors (Lipinski definition) is 3. The fourth-order valence-electron chi connectivity index (χ4n) is 3.40. The third kappa shape index (κ3) is 3.78. The molecule has 3 rings (SSSR count). The number of benzene rings is 1. The maximum atomic E-state index is 12.8. The number of thiophene rings is 1. The molecule has 0 fully saturated rings. The molecule has 4 N–H and O–H groups in total. The van der Waals surface area contributed by atoms with Gasteiger partial charge in [0.25, 0.3) is 5.91 Å². The van der Waals surface area contributed by atoms with Gasteiger partial charge < -0.3 is 16.2 Å². The molecule has 0 spiro atoms. The first-order valence-electron chi connectivity index (χ1n) is 8.57. The number of carboxylic acids is 1. The van der Waals surface area contributed by atoms with Crippen molar-refractivity contribution in [3.05, 3.63) is 52.9 Å². The average Bonchev–Trinajstić information content (AvgIpc) is 2.98. The Morgan fingerprint density at radius 1 is 1.11 bits per heavy atom. The number of nitrogens with two attached hydrogens (primary N) is 1. The Hall–Kier alpha value is -2.93. The minimum Gasteiger partial charge on any atom is -0.481 e. The molecule has 2 amide bonds. The molecule has 0 saturated heterocycles. The zero-order valence-electron chi connectivity index (χ0n) is 14.8. The van der Waals surface area contributed by atoms with Crippen LogP contribution in [-0.2, 0) is 9.59 Å². The Morgan fingerprint density at radius 2 is 1.74 bits per heavy atom. The molecule has 27 heavy (non-hydrogen) atoms. The van der Waals surface area contributed by atoms with Crippen molar-refractivity contribution in [1.82, 2.24) is 0 Å². The first-order valence-corrected chi connectivity index (χ1v) is 9.39. The zero-order valence-corrected chi connectivity index (χ0v) is 15.6. The highest BCUT2D eigenvalue weighted by atomic mass is 32.1. The molecule has 1 heterocycles. The van der Waals surface area contributed by atoms with E-state index in [9.17, 15) is 19.5 Å². The van der Waals surface area contributed by atoms with E-state index in [1.54, 1.807) is 6.08 Å². The second kappa shape index (κ2) is 7.75. The van der Waals surface area contributed by atoms with Crippen molar-refractivity contribution in [2.24, 2.45) is 17.6 Å². The molecule has 1 aliphatic carbocycles. The lowest BCUT2D eigenvalue weighted by atomic mass is 9.82. The Labute approximate surface area is 160 Å². The standard InChI is InChI=1S/C20H20N2O4S/c1-11-15(12-7-3-2-4-8-12)16(17(21)23)19(27-11)22-18(24)13-9-5-6-10-14(13)20(25)26/h2-8,13-14H,9-10H2,1H3,(H2,21,23)(H,22,24)(H,25,26)/t13-,14-/m1/s1. The smallest absolute Gasteiger partial charge is 0.307 e. The first kappa shape index (κ1) is 18.8. The summed E-state index contributed by atoms with van der Waals surface area (Å²) in [5.41, 5.74) is 7.40. The van der Waals surface area contributed by atoms with Crippen LogP contribution in [0.25, 0.3) is 11.1 Å². The molecule has 0 aliphatic heterocycles. The first-order chi connectivity index (χ1) is 12.9. The molecule has 1 aliphatic rings. The Kier molecular flexibility index (Phi) is 5.41. The van der Waals surface area contributed by atoms with E-state index in [0.29, 0.717) is 23.4 Å². The van der Waals surface area contributed by atoms with Crippen molar-refractivity contribution in [2.75, 3.05) is 5.32 Å². The maximum absolute atomic E-state index is 12.8. The van der Waals surface area contributed by atoms with Crippen molar-refractivity contribution < 1.29 is 19.5 Å². The van der Waals surface area contributed by atoms with Crippen molar-refractivity contribution in [1.29, 1.82) is 0 Å². The summed E-state index contributed by atoms with van der Waals surface area (Å²) in [4.78, 5) is 37.2. The number of amides is 2. The highest BCUT2D eigenvalue weighted by molar-refractivity contribution is 7.17. The highest BCUT2D eigenvalue weighted by Crippen LogP contribution is 2.40. The largest absolute Gasteiger partial charge is 0.481 e. The molecule has 0 saturated carbocycles. The summed E-state index contributed by atoms with van der Waals surface area (Å²) in [6, 6.07) is 9.35. The molecule has 0 radical (unpaired) electrons. The monoisotopic (exact) mass is 384 g/mol. The predicted octanol–water partition coefficient (Wildman–Crippen LogP) is 3.43. The van der Waals surface area contributed by atoms with Crippen molar-refractivity contribution in [3.63, 3.8) is 0 Å². The lowest BCUT2D eigenvalue weighted by molar-refractivity contribution is -0.146. The van der Waals surface area contributed by atoms with Crippen LogP contribution in [0.2, 0.25) is 0 Å². The number of rotatable bonds is 5. The minimum atomic E-state index is -0.998. The Bertz CT molecular complexity index is 918. The summed E-state index contributed by atoms with van der Waals surface area (Å²) in [6.45, 7) is 1.86. The molecule has 1 aromatic carbocycles.